The molecule has 128 valence electrons. The highest BCUT2D eigenvalue weighted by Crippen LogP contribution is 2.30. The molecule has 1 atom stereocenters. The van der Waals surface area contributed by atoms with Gasteiger partial charge in [-0.2, -0.15) is 0 Å². The summed E-state index contributed by atoms with van der Waals surface area (Å²) in [5.41, 5.74) is 1.00. The van der Waals surface area contributed by atoms with Crippen LogP contribution in [0, 0.1) is 6.92 Å². The Labute approximate surface area is 147 Å². The predicted molar refractivity (Wildman–Crippen MR) is 98.9 cm³/mol. The lowest BCUT2D eigenvalue weighted by atomic mass is 10.0. The highest BCUT2D eigenvalue weighted by molar-refractivity contribution is 7.10. The van der Waals surface area contributed by atoms with Crippen molar-refractivity contribution in [3.05, 3.63) is 84.2 Å². The topological polar surface area (TPSA) is 98.3 Å². The van der Waals surface area contributed by atoms with Gasteiger partial charge in [-0.3, -0.25) is 19.8 Å². The molecule has 3 N–H and O–H groups in total. The van der Waals surface area contributed by atoms with Crippen LogP contribution in [0.5, 0.6) is 5.88 Å². The summed E-state index contributed by atoms with van der Waals surface area (Å²) in [6.45, 7) is 3.65. The van der Waals surface area contributed by atoms with E-state index in [1.165, 1.54) is 0 Å². The fourth-order valence-electron chi connectivity index (χ4n) is 2.57. The lowest BCUT2D eigenvalue weighted by Crippen LogP contribution is -2.27. The summed E-state index contributed by atoms with van der Waals surface area (Å²) in [5, 5.41) is 11.9. The zero-order valence-corrected chi connectivity index (χ0v) is 14.6. The maximum Gasteiger partial charge on any atom is 0.328 e. The van der Waals surface area contributed by atoms with E-state index in [-0.39, 0.29) is 11.6 Å². The molecule has 0 aliphatic rings. The van der Waals surface area contributed by atoms with Crippen LogP contribution in [0.3, 0.4) is 0 Å². The average molecular weight is 355 g/mol. The van der Waals surface area contributed by atoms with Crippen molar-refractivity contribution >= 4 is 17.0 Å². The zero-order valence-electron chi connectivity index (χ0n) is 13.7. The summed E-state index contributed by atoms with van der Waals surface area (Å²) in [5.74, 6) is -0.483. The lowest BCUT2D eigenvalue weighted by Gasteiger charge is -2.14. The first-order valence-electron chi connectivity index (χ1n) is 7.66. The Morgan fingerprint density at radius 2 is 1.88 bits per heavy atom. The Bertz CT molecular complexity index is 1010. The number of nitrogens with one attached hydrogen (secondary N) is 2. The van der Waals surface area contributed by atoms with Gasteiger partial charge in [-0.15, -0.1) is 11.3 Å². The smallest absolute Gasteiger partial charge is 0.328 e. The van der Waals surface area contributed by atoms with Gasteiger partial charge in [0.15, 0.2) is 0 Å². The van der Waals surface area contributed by atoms with Crippen LogP contribution in [-0.2, 0) is 0 Å². The lowest BCUT2D eigenvalue weighted by molar-refractivity contribution is 0.447. The number of H-pyrrole nitrogens is 2. The molecule has 2 heterocycles. The molecule has 0 amide bonds. The molecule has 0 aliphatic carbocycles. The highest BCUT2D eigenvalue weighted by Gasteiger charge is 2.18. The monoisotopic (exact) mass is 355 g/mol. The van der Waals surface area contributed by atoms with Crippen LogP contribution in [0.1, 0.15) is 34.5 Å². The molecule has 1 unspecified atom stereocenters. The summed E-state index contributed by atoms with van der Waals surface area (Å²) in [6, 6.07) is 11.6. The fourth-order valence-corrected chi connectivity index (χ4v) is 3.36. The number of rotatable bonds is 4. The molecular formula is C18H17N3O3S. The quantitative estimate of drug-likeness (QED) is 0.628. The van der Waals surface area contributed by atoms with E-state index in [2.05, 4.69) is 15.0 Å². The van der Waals surface area contributed by atoms with Gasteiger partial charge in [-0.1, -0.05) is 35.9 Å². The molecule has 0 radical (unpaired) electrons. The van der Waals surface area contributed by atoms with Gasteiger partial charge in [-0.25, -0.2) is 4.79 Å². The number of aromatic hydroxyl groups is 1. The fraction of sp³-hybridized carbons (Fsp3) is 0.167. The second kappa shape index (κ2) is 6.90. The van der Waals surface area contributed by atoms with Crippen LogP contribution < -0.4 is 11.2 Å². The van der Waals surface area contributed by atoms with Crippen molar-refractivity contribution < 1.29 is 5.11 Å². The zero-order chi connectivity index (χ0) is 18.0. The summed E-state index contributed by atoms with van der Waals surface area (Å²) in [4.78, 5) is 33.3. The number of thiophene rings is 1. The molecular weight excluding hydrogens is 338 g/mol. The Morgan fingerprint density at radius 1 is 1.16 bits per heavy atom. The SMILES string of the molecule is CC(=NC(c1ccc(C)cc1)c1cccs1)c1c(O)[nH]c(=O)[nH]c1=O. The van der Waals surface area contributed by atoms with Gasteiger partial charge >= 0.3 is 5.69 Å². The molecule has 3 rings (SSSR count). The van der Waals surface area contributed by atoms with E-state index >= 15 is 0 Å². The number of aromatic nitrogens is 2. The van der Waals surface area contributed by atoms with Crippen LogP contribution in [0.2, 0.25) is 0 Å². The number of nitrogens with zero attached hydrogens (tertiary/aromatic N) is 1. The molecule has 7 heteroatoms. The van der Waals surface area contributed by atoms with E-state index < -0.39 is 17.1 Å². The van der Waals surface area contributed by atoms with Crippen molar-refractivity contribution in [1.29, 1.82) is 0 Å². The number of hydrogen-bond acceptors (Lipinski definition) is 5. The van der Waals surface area contributed by atoms with Crippen LogP contribution in [0.4, 0.5) is 0 Å². The average Bonchev–Trinajstić information content (AvgIpc) is 3.06. The van der Waals surface area contributed by atoms with Crippen LogP contribution >= 0.6 is 11.3 Å². The third kappa shape index (κ3) is 3.61. The maximum absolute atomic E-state index is 12.0. The van der Waals surface area contributed by atoms with E-state index in [0.29, 0.717) is 5.71 Å². The van der Waals surface area contributed by atoms with Crippen molar-refractivity contribution in [3.8, 4) is 5.88 Å². The third-order valence-corrected chi connectivity index (χ3v) is 4.74. The van der Waals surface area contributed by atoms with E-state index in [4.69, 9.17) is 0 Å². The van der Waals surface area contributed by atoms with Crippen molar-refractivity contribution in [2.45, 2.75) is 19.9 Å². The number of aliphatic imine (C=N–C) groups is 1. The van der Waals surface area contributed by atoms with Crippen LogP contribution in [0.25, 0.3) is 0 Å². The number of aromatic amines is 2. The largest absolute Gasteiger partial charge is 0.494 e. The van der Waals surface area contributed by atoms with Gasteiger partial charge in [0.25, 0.3) is 5.56 Å². The summed E-state index contributed by atoms with van der Waals surface area (Å²) in [7, 11) is 0. The van der Waals surface area contributed by atoms with Gasteiger partial charge in [0, 0.05) is 4.88 Å². The summed E-state index contributed by atoms with van der Waals surface area (Å²) >= 11 is 1.56. The minimum atomic E-state index is -0.757. The molecule has 0 saturated heterocycles. The second-order valence-corrected chi connectivity index (χ2v) is 6.65. The van der Waals surface area contributed by atoms with Gasteiger partial charge in [0.05, 0.1) is 5.71 Å². The van der Waals surface area contributed by atoms with Gasteiger partial charge < -0.3 is 5.11 Å². The summed E-state index contributed by atoms with van der Waals surface area (Å²) in [6.07, 6.45) is 0. The van der Waals surface area contributed by atoms with Crippen molar-refractivity contribution in [2.24, 2.45) is 4.99 Å². The normalized spacial score (nSPS) is 13.0. The maximum atomic E-state index is 12.0. The molecule has 1 aromatic carbocycles. The standard InChI is InChI=1S/C18H17N3O3S/c1-10-5-7-12(8-6-10)15(13-4-3-9-25-13)19-11(2)14-16(22)20-18(24)21-17(14)23/h3-9,15H,1-2H3,(H3,20,21,22,23,24). The Morgan fingerprint density at radius 3 is 2.48 bits per heavy atom. The van der Waals surface area contributed by atoms with E-state index in [9.17, 15) is 14.7 Å². The molecule has 0 fully saturated rings. The number of aryl methyl sites for hydroxylation is 1. The minimum absolute atomic E-state index is 0.0340. The first kappa shape index (κ1) is 16.9. The van der Waals surface area contributed by atoms with Gasteiger partial charge in [0.1, 0.15) is 11.6 Å². The van der Waals surface area contributed by atoms with Crippen LogP contribution in [-0.4, -0.2) is 20.8 Å². The molecule has 0 bridgehead atoms. The molecule has 6 nitrogen and oxygen atoms in total. The first-order chi connectivity index (χ1) is 12.0. The second-order valence-electron chi connectivity index (χ2n) is 5.68. The highest BCUT2D eigenvalue weighted by atomic mass is 32.1. The molecule has 2 aromatic heterocycles. The number of hydrogen-bond donors (Lipinski definition) is 3. The Balaban J connectivity index is 2.12. The van der Waals surface area contributed by atoms with Crippen LogP contribution in [0.15, 0.2) is 56.4 Å². The molecule has 25 heavy (non-hydrogen) atoms. The van der Waals surface area contributed by atoms with Crippen molar-refractivity contribution in [1.82, 2.24) is 9.97 Å². The third-order valence-electron chi connectivity index (χ3n) is 3.81. The predicted octanol–water partition coefficient (Wildman–Crippen LogP) is 2.74. The first-order valence-corrected chi connectivity index (χ1v) is 8.54. The Hall–Kier alpha value is -2.93. The number of benzene rings is 1. The van der Waals surface area contributed by atoms with Gasteiger partial charge in [-0.05, 0) is 30.9 Å². The minimum Gasteiger partial charge on any atom is -0.494 e. The van der Waals surface area contributed by atoms with E-state index in [1.54, 1.807) is 18.3 Å². The molecule has 0 spiro atoms. The summed E-state index contributed by atoms with van der Waals surface area (Å²) < 4.78 is 0. The molecule has 0 saturated carbocycles. The van der Waals surface area contributed by atoms with Gasteiger partial charge in [0.2, 0.25) is 5.88 Å². The Kier molecular flexibility index (Phi) is 4.67. The molecule has 3 aromatic rings. The van der Waals surface area contributed by atoms with Crippen molar-refractivity contribution in [2.75, 3.05) is 0 Å². The van der Waals surface area contributed by atoms with E-state index in [0.717, 1.165) is 16.0 Å². The molecule has 0 aliphatic heterocycles. The van der Waals surface area contributed by atoms with E-state index in [1.807, 2.05) is 48.7 Å². The van der Waals surface area contributed by atoms with Crippen molar-refractivity contribution in [3.63, 3.8) is 0 Å².